The number of aliphatic hydroxyl groups is 1. The maximum atomic E-state index is 12.2. The summed E-state index contributed by atoms with van der Waals surface area (Å²) in [7, 11) is 0. The molecule has 22 heavy (non-hydrogen) atoms. The Kier molecular flexibility index (Phi) is 4.66. The smallest absolute Gasteiger partial charge is 0.172 e. The molecule has 2 heterocycles. The molecule has 0 saturated carbocycles. The van der Waals surface area contributed by atoms with E-state index in [4.69, 9.17) is 16.7 Å². The molecule has 0 saturated heterocycles. The van der Waals surface area contributed by atoms with Crippen LogP contribution in [0.25, 0.3) is 21.9 Å². The Hall–Kier alpha value is -1.56. The Morgan fingerprint density at radius 3 is 2.95 bits per heavy atom. The summed E-state index contributed by atoms with van der Waals surface area (Å²) in [4.78, 5) is 19.7. The number of aromatic amines is 1. The highest BCUT2D eigenvalue weighted by atomic mass is 35.5. The molecular weight excluding hydrogens is 320 g/mol. The summed E-state index contributed by atoms with van der Waals surface area (Å²) >= 11 is 7.45. The highest BCUT2D eigenvalue weighted by Crippen LogP contribution is 2.26. The van der Waals surface area contributed by atoms with E-state index in [1.54, 1.807) is 17.8 Å². The number of halogens is 1. The predicted molar refractivity (Wildman–Crippen MR) is 92.0 cm³/mol. The van der Waals surface area contributed by atoms with Crippen LogP contribution in [0.5, 0.6) is 0 Å². The minimum absolute atomic E-state index is 0.0983. The number of pyridine rings is 1. The van der Waals surface area contributed by atoms with E-state index in [0.29, 0.717) is 22.9 Å². The molecule has 0 radical (unpaired) electrons. The lowest BCUT2D eigenvalue weighted by molar-refractivity contribution is 0.102. The number of aliphatic hydroxyl groups excluding tert-OH is 1. The molecule has 0 fully saturated rings. The van der Waals surface area contributed by atoms with Crippen LogP contribution in [0, 0.1) is 0 Å². The third-order valence-electron chi connectivity index (χ3n) is 3.43. The second-order valence-corrected chi connectivity index (χ2v) is 6.46. The number of nitrogens with zero attached hydrogens (tertiary/aromatic N) is 1. The lowest BCUT2D eigenvalue weighted by Crippen LogP contribution is -2.03. The summed E-state index contributed by atoms with van der Waals surface area (Å²) in [5, 5.41) is 11.1. The summed E-state index contributed by atoms with van der Waals surface area (Å²) in [5.74, 6) is 1.32. The number of hydrogen-bond acceptors (Lipinski definition) is 4. The van der Waals surface area contributed by atoms with E-state index in [1.807, 2.05) is 24.3 Å². The van der Waals surface area contributed by atoms with Gasteiger partial charge in [-0.05, 0) is 42.5 Å². The fraction of sp³-hybridized carbons (Fsp3) is 0.250. The van der Waals surface area contributed by atoms with Crippen molar-refractivity contribution >= 4 is 51.1 Å². The van der Waals surface area contributed by atoms with Gasteiger partial charge in [0.2, 0.25) is 0 Å². The van der Waals surface area contributed by atoms with Crippen LogP contribution in [0.1, 0.15) is 16.8 Å². The van der Waals surface area contributed by atoms with E-state index in [9.17, 15) is 4.79 Å². The van der Waals surface area contributed by atoms with Gasteiger partial charge in [-0.3, -0.25) is 4.79 Å². The van der Waals surface area contributed by atoms with Crippen molar-refractivity contribution in [3.05, 3.63) is 41.0 Å². The van der Waals surface area contributed by atoms with Crippen LogP contribution in [0.2, 0.25) is 5.15 Å². The van der Waals surface area contributed by atoms with Crippen LogP contribution in [0.4, 0.5) is 0 Å². The zero-order chi connectivity index (χ0) is 15.5. The second kappa shape index (κ2) is 6.69. The van der Waals surface area contributed by atoms with E-state index in [1.165, 1.54) is 0 Å². The van der Waals surface area contributed by atoms with Gasteiger partial charge in [0.15, 0.2) is 5.78 Å². The van der Waals surface area contributed by atoms with Gasteiger partial charge in [-0.15, -0.1) is 0 Å². The first-order valence-electron chi connectivity index (χ1n) is 6.99. The van der Waals surface area contributed by atoms with Crippen molar-refractivity contribution in [1.82, 2.24) is 9.97 Å². The quantitative estimate of drug-likeness (QED) is 0.410. The second-order valence-electron chi connectivity index (χ2n) is 4.97. The number of H-pyrrole nitrogens is 1. The fourth-order valence-corrected chi connectivity index (χ4v) is 3.32. The Morgan fingerprint density at radius 1 is 1.27 bits per heavy atom. The van der Waals surface area contributed by atoms with Crippen LogP contribution < -0.4 is 0 Å². The first kappa shape index (κ1) is 15.3. The van der Waals surface area contributed by atoms with Gasteiger partial charge in [0.05, 0.1) is 5.75 Å². The van der Waals surface area contributed by atoms with Crippen molar-refractivity contribution < 1.29 is 9.90 Å². The van der Waals surface area contributed by atoms with Gasteiger partial charge in [0.25, 0.3) is 0 Å². The molecule has 2 N–H and O–H groups in total. The summed E-state index contributed by atoms with van der Waals surface area (Å²) in [5.41, 5.74) is 2.36. The number of fused-ring (bicyclic) bond motifs is 3. The fourth-order valence-electron chi connectivity index (χ4n) is 2.34. The SMILES string of the molecule is O=C(CSCCCO)c1ccc2[nH]c3nc(Cl)ccc3c2c1. The van der Waals surface area contributed by atoms with Crippen molar-refractivity contribution in [3.63, 3.8) is 0 Å². The molecule has 0 unspecified atom stereocenters. The number of benzene rings is 1. The Morgan fingerprint density at radius 2 is 2.14 bits per heavy atom. The largest absolute Gasteiger partial charge is 0.396 e. The normalized spacial score (nSPS) is 11.4. The average molecular weight is 335 g/mol. The van der Waals surface area contributed by atoms with Crippen LogP contribution >= 0.6 is 23.4 Å². The molecule has 0 bridgehead atoms. The minimum atomic E-state index is 0.0983. The van der Waals surface area contributed by atoms with Gasteiger partial charge in [0, 0.05) is 28.5 Å². The molecule has 0 spiro atoms. The van der Waals surface area contributed by atoms with E-state index in [-0.39, 0.29) is 12.4 Å². The van der Waals surface area contributed by atoms with Crippen molar-refractivity contribution in [2.45, 2.75) is 6.42 Å². The maximum absolute atomic E-state index is 12.2. The van der Waals surface area contributed by atoms with Crippen LogP contribution in [-0.2, 0) is 0 Å². The number of carbonyl (C=O) groups excluding carboxylic acids is 1. The van der Waals surface area contributed by atoms with E-state index in [2.05, 4.69) is 9.97 Å². The number of Topliss-reactive ketones (excluding diaryl/α,β-unsaturated/α-hetero) is 1. The van der Waals surface area contributed by atoms with Crippen molar-refractivity contribution in [3.8, 4) is 0 Å². The summed E-state index contributed by atoms with van der Waals surface area (Å²) in [6.45, 7) is 0.165. The van der Waals surface area contributed by atoms with Gasteiger partial charge in [-0.2, -0.15) is 11.8 Å². The third-order valence-corrected chi connectivity index (χ3v) is 4.68. The highest BCUT2D eigenvalue weighted by Gasteiger charge is 2.11. The maximum Gasteiger partial charge on any atom is 0.172 e. The molecular formula is C16H15ClN2O2S. The molecule has 3 rings (SSSR count). The standard InChI is InChI=1S/C16H15ClN2O2S/c17-15-5-3-11-12-8-10(14(21)9-22-7-1-6-20)2-4-13(12)18-16(11)19-15/h2-5,8,20H,1,6-7,9H2,(H,18,19). The van der Waals surface area contributed by atoms with E-state index >= 15 is 0 Å². The van der Waals surface area contributed by atoms with Crippen molar-refractivity contribution in [2.75, 3.05) is 18.1 Å². The lowest BCUT2D eigenvalue weighted by Gasteiger charge is -2.01. The summed E-state index contributed by atoms with van der Waals surface area (Å²) < 4.78 is 0. The molecule has 0 aliphatic heterocycles. The first-order chi connectivity index (χ1) is 10.7. The monoisotopic (exact) mass is 334 g/mol. The molecule has 0 aliphatic rings. The van der Waals surface area contributed by atoms with Gasteiger partial charge in [-0.1, -0.05) is 11.6 Å². The van der Waals surface area contributed by atoms with E-state index < -0.39 is 0 Å². The lowest BCUT2D eigenvalue weighted by atomic mass is 10.1. The van der Waals surface area contributed by atoms with Crippen molar-refractivity contribution in [1.29, 1.82) is 0 Å². The molecule has 2 aromatic heterocycles. The molecule has 0 atom stereocenters. The molecule has 0 amide bonds. The number of ketones is 1. The molecule has 4 nitrogen and oxygen atoms in total. The van der Waals surface area contributed by atoms with E-state index in [0.717, 1.165) is 27.7 Å². The third kappa shape index (κ3) is 3.11. The van der Waals surface area contributed by atoms with Gasteiger partial charge >= 0.3 is 0 Å². The summed E-state index contributed by atoms with van der Waals surface area (Å²) in [6.07, 6.45) is 0.714. The van der Waals surface area contributed by atoms with Crippen LogP contribution in [0.3, 0.4) is 0 Å². The molecule has 0 aliphatic carbocycles. The van der Waals surface area contributed by atoms with Crippen molar-refractivity contribution in [2.24, 2.45) is 0 Å². The van der Waals surface area contributed by atoms with Gasteiger partial charge in [-0.25, -0.2) is 4.98 Å². The van der Waals surface area contributed by atoms with Gasteiger partial charge < -0.3 is 10.1 Å². The first-order valence-corrected chi connectivity index (χ1v) is 8.52. The molecule has 1 aromatic carbocycles. The Balaban J connectivity index is 1.88. The number of aromatic nitrogens is 2. The Bertz CT molecular complexity index is 831. The minimum Gasteiger partial charge on any atom is -0.396 e. The number of rotatable bonds is 6. The molecule has 3 aromatic rings. The average Bonchev–Trinajstić information content (AvgIpc) is 2.87. The molecule has 6 heteroatoms. The number of nitrogens with one attached hydrogen (secondary N) is 1. The summed E-state index contributed by atoms with van der Waals surface area (Å²) in [6, 6.07) is 9.29. The predicted octanol–water partition coefficient (Wildman–Crippen LogP) is 3.67. The molecule has 114 valence electrons. The zero-order valence-corrected chi connectivity index (χ0v) is 13.4. The van der Waals surface area contributed by atoms with Crippen LogP contribution in [-0.4, -0.2) is 39.0 Å². The van der Waals surface area contributed by atoms with Gasteiger partial charge in [0.1, 0.15) is 10.8 Å². The topological polar surface area (TPSA) is 66.0 Å². The number of hydrogen-bond donors (Lipinski definition) is 2. The Labute approximate surface area is 136 Å². The van der Waals surface area contributed by atoms with Crippen LogP contribution in [0.15, 0.2) is 30.3 Å². The zero-order valence-electron chi connectivity index (χ0n) is 11.8. The highest BCUT2D eigenvalue weighted by molar-refractivity contribution is 7.99. The number of carbonyl (C=O) groups is 1. The number of thioether (sulfide) groups is 1.